The lowest BCUT2D eigenvalue weighted by molar-refractivity contribution is 0.0911. The van der Waals surface area contributed by atoms with Crippen LogP contribution < -0.4 is 0 Å². The fourth-order valence-electron chi connectivity index (χ4n) is 2.48. The van der Waals surface area contributed by atoms with Gasteiger partial charge in [-0.3, -0.25) is 0 Å². The summed E-state index contributed by atoms with van der Waals surface area (Å²) in [5.74, 6) is 0. The van der Waals surface area contributed by atoms with Crippen LogP contribution in [-0.2, 0) is 17.6 Å². The topological polar surface area (TPSA) is 27.1 Å². The van der Waals surface area contributed by atoms with Crippen LogP contribution in [0.3, 0.4) is 0 Å². The first-order valence-corrected chi connectivity index (χ1v) is 6.00. The van der Waals surface area contributed by atoms with Gasteiger partial charge in [-0.15, -0.1) is 0 Å². The maximum Gasteiger partial charge on any atom is 0.0991 e. The highest BCUT2D eigenvalue weighted by Gasteiger charge is 2.18. The number of hydrogen-bond donors (Lipinski definition) is 0. The average Bonchev–Trinajstić information content (AvgIpc) is 2.91. The summed E-state index contributed by atoms with van der Waals surface area (Å²) in [6.07, 6.45) is 9.26. The van der Waals surface area contributed by atoms with Crippen molar-refractivity contribution in [2.45, 2.75) is 25.4 Å². The summed E-state index contributed by atoms with van der Waals surface area (Å²) in [6.45, 7) is 0. The minimum absolute atomic E-state index is 0.375. The van der Waals surface area contributed by atoms with E-state index in [0.717, 1.165) is 19.3 Å². The third kappa shape index (κ3) is 1.98. The van der Waals surface area contributed by atoms with Crippen molar-refractivity contribution in [3.8, 4) is 5.69 Å². The highest BCUT2D eigenvalue weighted by Crippen LogP contribution is 2.25. The maximum absolute atomic E-state index is 5.46. The van der Waals surface area contributed by atoms with Crippen LogP contribution in [-0.4, -0.2) is 22.8 Å². The van der Waals surface area contributed by atoms with Gasteiger partial charge in [-0.25, -0.2) is 4.98 Å². The van der Waals surface area contributed by atoms with Crippen LogP contribution in [0.5, 0.6) is 0 Å². The number of rotatable bonds is 2. The van der Waals surface area contributed by atoms with E-state index in [1.807, 2.05) is 17.1 Å². The molecule has 0 radical (unpaired) electrons. The van der Waals surface area contributed by atoms with E-state index in [4.69, 9.17) is 4.74 Å². The Hall–Kier alpha value is -1.61. The van der Waals surface area contributed by atoms with Crippen molar-refractivity contribution >= 4 is 0 Å². The molecule has 0 spiro atoms. The van der Waals surface area contributed by atoms with Gasteiger partial charge in [0.1, 0.15) is 0 Å². The van der Waals surface area contributed by atoms with Crippen LogP contribution >= 0.6 is 0 Å². The van der Waals surface area contributed by atoms with E-state index in [1.54, 1.807) is 13.3 Å². The first kappa shape index (κ1) is 10.5. The average molecular weight is 228 g/mol. The number of ether oxygens (including phenoxy) is 1. The predicted molar refractivity (Wildman–Crippen MR) is 66.4 cm³/mol. The molecule has 1 aromatic carbocycles. The number of imidazole rings is 1. The molecule has 1 aliphatic carbocycles. The molecule has 0 aliphatic heterocycles. The van der Waals surface area contributed by atoms with Crippen molar-refractivity contribution < 1.29 is 4.74 Å². The van der Waals surface area contributed by atoms with Crippen molar-refractivity contribution in [2.24, 2.45) is 0 Å². The quantitative estimate of drug-likeness (QED) is 0.789. The number of methoxy groups -OCH3 is 1. The highest BCUT2D eigenvalue weighted by atomic mass is 16.5. The Labute approximate surface area is 101 Å². The molecule has 2 aromatic rings. The normalized spacial score (nSPS) is 19.0. The molecule has 3 rings (SSSR count). The largest absolute Gasteiger partial charge is 0.381 e. The van der Waals surface area contributed by atoms with Crippen LogP contribution in [0.1, 0.15) is 17.5 Å². The van der Waals surface area contributed by atoms with Gasteiger partial charge in [0.25, 0.3) is 0 Å². The Kier molecular flexibility index (Phi) is 2.69. The Balaban J connectivity index is 1.95. The molecule has 17 heavy (non-hydrogen) atoms. The summed E-state index contributed by atoms with van der Waals surface area (Å²) < 4.78 is 7.50. The predicted octanol–water partition coefficient (Wildman–Crippen LogP) is 2.38. The van der Waals surface area contributed by atoms with E-state index in [-0.39, 0.29) is 0 Å². The van der Waals surface area contributed by atoms with Crippen LogP contribution in [0.25, 0.3) is 5.69 Å². The number of benzene rings is 1. The molecule has 1 atom stereocenters. The second kappa shape index (κ2) is 4.34. The molecule has 0 amide bonds. The standard InChI is InChI=1S/C14H16N2O/c1-17-14-5-3-11-2-4-13(8-12(11)9-14)16-7-6-15-10-16/h2,4,6-8,10,14H,3,5,9H2,1H3. The van der Waals surface area contributed by atoms with Crippen molar-refractivity contribution in [2.75, 3.05) is 7.11 Å². The van der Waals surface area contributed by atoms with Gasteiger partial charge in [-0.1, -0.05) is 6.07 Å². The van der Waals surface area contributed by atoms with E-state index in [1.165, 1.54) is 16.8 Å². The molecule has 1 heterocycles. The monoisotopic (exact) mass is 228 g/mol. The van der Waals surface area contributed by atoms with Gasteiger partial charge in [0.2, 0.25) is 0 Å². The Morgan fingerprint density at radius 3 is 3.06 bits per heavy atom. The van der Waals surface area contributed by atoms with Gasteiger partial charge in [0.15, 0.2) is 0 Å². The molecule has 1 aromatic heterocycles. The van der Waals surface area contributed by atoms with Crippen molar-refractivity contribution in [3.05, 3.63) is 48.0 Å². The maximum atomic E-state index is 5.46. The van der Waals surface area contributed by atoms with Gasteiger partial charge in [-0.05, 0) is 42.5 Å². The molecule has 88 valence electrons. The van der Waals surface area contributed by atoms with Crippen molar-refractivity contribution in [1.82, 2.24) is 9.55 Å². The van der Waals surface area contributed by atoms with Crippen LogP contribution in [0.15, 0.2) is 36.9 Å². The molecule has 3 heteroatoms. The minimum atomic E-state index is 0.375. The van der Waals surface area contributed by atoms with Crippen LogP contribution in [0.4, 0.5) is 0 Å². The lowest BCUT2D eigenvalue weighted by Crippen LogP contribution is -2.21. The van der Waals surface area contributed by atoms with E-state index in [2.05, 4.69) is 23.2 Å². The van der Waals surface area contributed by atoms with Crippen molar-refractivity contribution in [3.63, 3.8) is 0 Å². The minimum Gasteiger partial charge on any atom is -0.381 e. The molecule has 0 N–H and O–H groups in total. The first-order chi connectivity index (χ1) is 8.36. The zero-order chi connectivity index (χ0) is 11.7. The second-order valence-corrected chi connectivity index (χ2v) is 4.52. The van der Waals surface area contributed by atoms with Gasteiger partial charge in [-0.2, -0.15) is 0 Å². The lowest BCUT2D eigenvalue weighted by atomic mass is 9.89. The molecule has 3 nitrogen and oxygen atoms in total. The zero-order valence-electron chi connectivity index (χ0n) is 9.97. The zero-order valence-corrected chi connectivity index (χ0v) is 9.97. The fourth-order valence-corrected chi connectivity index (χ4v) is 2.48. The SMILES string of the molecule is COC1CCc2ccc(-n3ccnc3)cc2C1. The molecule has 0 saturated carbocycles. The number of fused-ring (bicyclic) bond motifs is 1. The molecule has 0 saturated heterocycles. The summed E-state index contributed by atoms with van der Waals surface area (Å²) in [5, 5.41) is 0. The third-order valence-corrected chi connectivity index (χ3v) is 3.51. The Morgan fingerprint density at radius 1 is 1.35 bits per heavy atom. The van der Waals surface area contributed by atoms with E-state index >= 15 is 0 Å². The van der Waals surface area contributed by atoms with E-state index < -0.39 is 0 Å². The molecular formula is C14H16N2O. The summed E-state index contributed by atoms with van der Waals surface area (Å²) >= 11 is 0. The summed E-state index contributed by atoms with van der Waals surface area (Å²) in [5.41, 5.74) is 4.05. The number of aromatic nitrogens is 2. The number of hydrogen-bond acceptors (Lipinski definition) is 2. The highest BCUT2D eigenvalue weighted by molar-refractivity contribution is 5.42. The van der Waals surface area contributed by atoms with Crippen molar-refractivity contribution in [1.29, 1.82) is 0 Å². The van der Waals surface area contributed by atoms with Crippen LogP contribution in [0.2, 0.25) is 0 Å². The molecule has 1 aliphatic rings. The number of nitrogens with zero attached hydrogens (tertiary/aromatic N) is 2. The van der Waals surface area contributed by atoms with Gasteiger partial charge >= 0.3 is 0 Å². The second-order valence-electron chi connectivity index (χ2n) is 4.52. The fraction of sp³-hybridized carbons (Fsp3) is 0.357. The molecular weight excluding hydrogens is 212 g/mol. The Morgan fingerprint density at radius 2 is 2.29 bits per heavy atom. The van der Waals surface area contributed by atoms with Crippen LogP contribution in [0, 0.1) is 0 Å². The third-order valence-electron chi connectivity index (χ3n) is 3.51. The molecule has 0 fully saturated rings. The first-order valence-electron chi connectivity index (χ1n) is 6.00. The van der Waals surface area contributed by atoms with E-state index in [9.17, 15) is 0 Å². The summed E-state index contributed by atoms with van der Waals surface area (Å²) in [6, 6.07) is 6.65. The summed E-state index contributed by atoms with van der Waals surface area (Å²) in [7, 11) is 1.80. The lowest BCUT2D eigenvalue weighted by Gasteiger charge is -2.24. The van der Waals surface area contributed by atoms with Gasteiger partial charge in [0.05, 0.1) is 12.4 Å². The smallest absolute Gasteiger partial charge is 0.0991 e. The van der Waals surface area contributed by atoms with Gasteiger partial charge < -0.3 is 9.30 Å². The van der Waals surface area contributed by atoms with Gasteiger partial charge in [0, 0.05) is 25.2 Å². The summed E-state index contributed by atoms with van der Waals surface area (Å²) in [4.78, 5) is 4.08. The Bertz CT molecular complexity index is 505. The molecule has 1 unspecified atom stereocenters. The number of aryl methyl sites for hydroxylation is 1. The van der Waals surface area contributed by atoms with E-state index in [0.29, 0.717) is 6.10 Å². The molecule has 0 bridgehead atoms.